The molecule has 9 heavy (non-hydrogen) atoms. The Bertz CT molecular complexity index is 116. The van der Waals surface area contributed by atoms with Crippen molar-refractivity contribution in [3.63, 3.8) is 0 Å². The molecule has 54 valence electrons. The Labute approximate surface area is 61.7 Å². The highest BCUT2D eigenvalue weighted by Gasteiger charge is 2.29. The third kappa shape index (κ3) is 1.84. The molecule has 1 fully saturated rings. The van der Waals surface area contributed by atoms with Gasteiger partial charge in [0.2, 0.25) is 5.91 Å². The Morgan fingerprint density at radius 1 is 1.56 bits per heavy atom. The number of hydrogen-bond donors (Lipinski definition) is 2. The molecule has 1 saturated carbocycles. The van der Waals surface area contributed by atoms with Crippen molar-refractivity contribution in [2.75, 3.05) is 0 Å². The Morgan fingerprint density at radius 3 is 2.11 bits per heavy atom. The van der Waals surface area contributed by atoms with Crippen LogP contribution in [0.15, 0.2) is 0 Å². The zero-order valence-electron chi connectivity index (χ0n) is 6.01. The molecule has 0 aromatic carbocycles. The van der Waals surface area contributed by atoms with Gasteiger partial charge in [0.25, 0.3) is 0 Å². The van der Waals surface area contributed by atoms with E-state index in [0.29, 0.717) is 0 Å². The van der Waals surface area contributed by atoms with Crippen LogP contribution in [0.5, 0.6) is 0 Å². The van der Waals surface area contributed by atoms with Crippen molar-refractivity contribution >= 4 is 5.91 Å². The summed E-state index contributed by atoms with van der Waals surface area (Å²) in [6.07, 6.45) is 1.57. The molecule has 1 aliphatic rings. The van der Waals surface area contributed by atoms with Crippen LogP contribution in [-0.4, -0.2) is 11.9 Å². The number of nitrogens with two attached hydrogens (primary N) is 2. The quantitative estimate of drug-likeness (QED) is 0.405. The minimum Gasteiger partial charge on any atom is -1.00 e. The van der Waals surface area contributed by atoms with E-state index in [9.17, 15) is 4.79 Å². The van der Waals surface area contributed by atoms with Crippen molar-refractivity contribution in [3.8, 4) is 0 Å². The van der Waals surface area contributed by atoms with Gasteiger partial charge in [0, 0.05) is 12.0 Å². The largest absolute Gasteiger partial charge is 1.00 e. The molecule has 1 rings (SSSR count). The number of amides is 1. The topological polar surface area (TPSA) is 69.1 Å². The molecular weight excluding hydrogens is 140 g/mol. The van der Waals surface area contributed by atoms with Crippen LogP contribution < -0.4 is 23.9 Å². The van der Waals surface area contributed by atoms with Gasteiger partial charge in [-0.15, -0.1) is 0 Å². The summed E-state index contributed by atoms with van der Waals surface area (Å²) in [6, 6.07) is 0.229. The first kappa shape index (κ1) is 8.72. The van der Waals surface area contributed by atoms with Gasteiger partial charge in [-0.2, -0.15) is 0 Å². The van der Waals surface area contributed by atoms with E-state index in [2.05, 4.69) is 0 Å². The molecule has 0 atom stereocenters. The first-order valence-electron chi connectivity index (χ1n) is 2.75. The van der Waals surface area contributed by atoms with Gasteiger partial charge >= 0.3 is 1.43 Å². The van der Waals surface area contributed by atoms with Crippen LogP contribution in [-0.2, 0) is 4.79 Å². The molecule has 4 heteroatoms. The Morgan fingerprint density at radius 2 is 2.00 bits per heavy atom. The first-order chi connectivity index (χ1) is 3.70. The van der Waals surface area contributed by atoms with Crippen LogP contribution in [0.2, 0.25) is 0 Å². The van der Waals surface area contributed by atoms with E-state index in [1.54, 1.807) is 0 Å². The highest BCUT2D eigenvalue weighted by Crippen LogP contribution is 2.24. The van der Waals surface area contributed by atoms with Crippen LogP contribution in [0, 0.1) is 5.92 Å². The zero-order chi connectivity index (χ0) is 6.15. The average Bonchev–Trinajstić information content (AvgIpc) is 1.57. The second-order valence-electron chi connectivity index (χ2n) is 2.33. The molecule has 0 spiro atoms. The van der Waals surface area contributed by atoms with E-state index in [1.165, 1.54) is 0 Å². The molecule has 4 N–H and O–H groups in total. The lowest BCUT2D eigenvalue weighted by Gasteiger charge is -2.29. The van der Waals surface area contributed by atoms with Crippen LogP contribution in [0.4, 0.5) is 0 Å². The third-order valence-electron chi connectivity index (χ3n) is 1.58. The summed E-state index contributed by atoms with van der Waals surface area (Å²) in [5, 5.41) is 0. The van der Waals surface area contributed by atoms with Crippen LogP contribution >= 0.6 is 0 Å². The summed E-state index contributed by atoms with van der Waals surface area (Å²) in [7, 11) is 0. The van der Waals surface area contributed by atoms with Crippen LogP contribution in [0.25, 0.3) is 0 Å². The van der Waals surface area contributed by atoms with Gasteiger partial charge in [-0.25, -0.2) is 0 Å². The SMILES string of the molecule is NC(=O)[C@H]1C[C@H](N)C1.[Cl-].[H+]. The summed E-state index contributed by atoms with van der Waals surface area (Å²) in [4.78, 5) is 10.3. The Balaban J connectivity index is 0. The molecule has 0 heterocycles. The minimum absolute atomic E-state index is 0. The van der Waals surface area contributed by atoms with E-state index in [1.807, 2.05) is 0 Å². The lowest BCUT2D eigenvalue weighted by molar-refractivity contribution is -0.124. The summed E-state index contributed by atoms with van der Waals surface area (Å²) >= 11 is 0. The van der Waals surface area contributed by atoms with Gasteiger partial charge in [0.1, 0.15) is 0 Å². The molecular formula is C5H11ClN2O. The molecule has 0 saturated heterocycles. The van der Waals surface area contributed by atoms with Gasteiger partial charge in [-0.3, -0.25) is 4.79 Å². The number of halogens is 1. The fraction of sp³-hybridized carbons (Fsp3) is 0.800. The summed E-state index contributed by atoms with van der Waals surface area (Å²) in [5.74, 6) is -0.128. The predicted molar refractivity (Wildman–Crippen MR) is 31.0 cm³/mol. The highest BCUT2D eigenvalue weighted by atomic mass is 35.5. The van der Waals surface area contributed by atoms with Gasteiger partial charge in [0.15, 0.2) is 0 Å². The lowest BCUT2D eigenvalue weighted by Crippen LogP contribution is -3.00. The summed E-state index contributed by atoms with van der Waals surface area (Å²) in [6.45, 7) is 0. The number of primary amides is 1. The average molecular weight is 151 g/mol. The fourth-order valence-electron chi connectivity index (χ4n) is 0.894. The molecule has 0 aromatic heterocycles. The normalized spacial score (nSPS) is 32.1. The van der Waals surface area contributed by atoms with E-state index in [4.69, 9.17) is 11.5 Å². The van der Waals surface area contributed by atoms with Crippen molar-refractivity contribution in [2.24, 2.45) is 17.4 Å². The monoisotopic (exact) mass is 150 g/mol. The maximum absolute atomic E-state index is 10.3. The third-order valence-corrected chi connectivity index (χ3v) is 1.58. The number of carbonyl (C=O) groups is 1. The molecule has 0 bridgehead atoms. The van der Waals surface area contributed by atoms with Crippen molar-refractivity contribution < 1.29 is 18.6 Å². The molecule has 0 aliphatic heterocycles. The standard InChI is InChI=1S/C5H10N2O.ClH/c6-4-1-3(2-4)5(7)8;/h3-4H,1-2,6H2,(H2,7,8);1H/t3-,4-;. The molecule has 1 aliphatic carbocycles. The maximum atomic E-state index is 10.3. The zero-order valence-corrected chi connectivity index (χ0v) is 5.77. The van der Waals surface area contributed by atoms with Gasteiger partial charge in [0.05, 0.1) is 0 Å². The molecule has 0 radical (unpaired) electrons. The number of hydrogen-bond acceptors (Lipinski definition) is 2. The van der Waals surface area contributed by atoms with E-state index >= 15 is 0 Å². The lowest BCUT2D eigenvalue weighted by atomic mass is 9.80. The fourth-order valence-corrected chi connectivity index (χ4v) is 0.894. The van der Waals surface area contributed by atoms with Crippen molar-refractivity contribution in [1.82, 2.24) is 0 Å². The van der Waals surface area contributed by atoms with Crippen LogP contribution in [0.3, 0.4) is 0 Å². The van der Waals surface area contributed by atoms with Crippen molar-refractivity contribution in [1.29, 1.82) is 0 Å². The van der Waals surface area contributed by atoms with E-state index < -0.39 is 0 Å². The smallest absolute Gasteiger partial charge is 1.00 e. The highest BCUT2D eigenvalue weighted by molar-refractivity contribution is 5.77. The minimum atomic E-state index is -0.202. The molecule has 1 amide bonds. The Hall–Kier alpha value is -0.280. The second kappa shape index (κ2) is 3.03. The first-order valence-corrected chi connectivity index (χ1v) is 2.75. The Kier molecular flexibility index (Phi) is 2.94. The number of carbonyl (C=O) groups excluding carboxylic acids is 1. The molecule has 3 nitrogen and oxygen atoms in total. The predicted octanol–water partition coefficient (Wildman–Crippen LogP) is -3.67. The maximum Gasteiger partial charge on any atom is 1.00 e. The van der Waals surface area contributed by atoms with E-state index in [-0.39, 0.29) is 31.7 Å². The van der Waals surface area contributed by atoms with Crippen LogP contribution in [0.1, 0.15) is 14.3 Å². The van der Waals surface area contributed by atoms with Gasteiger partial charge in [-0.05, 0) is 12.8 Å². The van der Waals surface area contributed by atoms with Gasteiger partial charge in [-0.1, -0.05) is 0 Å². The summed E-state index contributed by atoms with van der Waals surface area (Å²) in [5.41, 5.74) is 10.4. The van der Waals surface area contributed by atoms with Gasteiger partial charge < -0.3 is 23.9 Å². The van der Waals surface area contributed by atoms with Crippen molar-refractivity contribution in [2.45, 2.75) is 18.9 Å². The summed E-state index contributed by atoms with van der Waals surface area (Å²) < 4.78 is 0. The second-order valence-corrected chi connectivity index (χ2v) is 2.33. The molecule has 0 unspecified atom stereocenters. The number of rotatable bonds is 1. The van der Waals surface area contributed by atoms with E-state index in [0.717, 1.165) is 12.8 Å². The van der Waals surface area contributed by atoms with Crippen molar-refractivity contribution in [3.05, 3.63) is 0 Å². The molecule has 0 aromatic rings.